The molecule has 8 heteroatoms. The van der Waals surface area contributed by atoms with Crippen LogP contribution in [0, 0.1) is 0 Å². The number of esters is 1. The van der Waals surface area contributed by atoms with Crippen molar-refractivity contribution in [3.63, 3.8) is 0 Å². The zero-order valence-electron chi connectivity index (χ0n) is 19.0. The predicted molar refractivity (Wildman–Crippen MR) is 133 cm³/mol. The van der Waals surface area contributed by atoms with Crippen LogP contribution in [0.1, 0.15) is 74.7 Å². The SMILES string of the molecule is CCCCCCCCC(=O)N/N=C/c1ccc(OC(=O)c2ccc(Cl)cc2Cl)c(OCC)c1. The van der Waals surface area contributed by atoms with Gasteiger partial charge in [-0.05, 0) is 55.3 Å². The van der Waals surface area contributed by atoms with Gasteiger partial charge in [0.2, 0.25) is 5.91 Å². The first kappa shape index (κ1) is 26.7. The van der Waals surface area contributed by atoms with Crippen molar-refractivity contribution >= 4 is 41.3 Å². The van der Waals surface area contributed by atoms with Gasteiger partial charge in [0, 0.05) is 11.4 Å². The third-order valence-electron chi connectivity index (χ3n) is 4.78. The van der Waals surface area contributed by atoms with Gasteiger partial charge in [0.1, 0.15) is 0 Å². The quantitative estimate of drug-likeness (QED) is 0.109. The number of hydrogen-bond donors (Lipinski definition) is 1. The van der Waals surface area contributed by atoms with Crippen molar-refractivity contribution in [2.24, 2.45) is 5.10 Å². The minimum Gasteiger partial charge on any atom is -0.490 e. The van der Waals surface area contributed by atoms with Gasteiger partial charge in [-0.25, -0.2) is 10.2 Å². The molecule has 0 saturated heterocycles. The minimum atomic E-state index is -0.624. The van der Waals surface area contributed by atoms with Crippen LogP contribution in [0.5, 0.6) is 11.5 Å². The van der Waals surface area contributed by atoms with E-state index >= 15 is 0 Å². The molecule has 0 atom stereocenters. The van der Waals surface area contributed by atoms with Crippen molar-refractivity contribution < 1.29 is 19.1 Å². The molecule has 0 fully saturated rings. The van der Waals surface area contributed by atoms with E-state index in [0.717, 1.165) is 19.3 Å². The van der Waals surface area contributed by atoms with Crippen molar-refractivity contribution in [1.29, 1.82) is 0 Å². The van der Waals surface area contributed by atoms with Crippen molar-refractivity contribution in [2.75, 3.05) is 6.61 Å². The molecule has 2 aromatic rings. The first-order valence-electron chi connectivity index (χ1n) is 11.2. The van der Waals surface area contributed by atoms with Gasteiger partial charge >= 0.3 is 5.97 Å². The Labute approximate surface area is 205 Å². The lowest BCUT2D eigenvalue weighted by molar-refractivity contribution is -0.121. The maximum atomic E-state index is 12.5. The van der Waals surface area contributed by atoms with Crippen LogP contribution in [0.4, 0.5) is 0 Å². The van der Waals surface area contributed by atoms with Crippen LogP contribution in [0.3, 0.4) is 0 Å². The molecule has 0 saturated carbocycles. The first-order valence-corrected chi connectivity index (χ1v) is 12.0. The lowest BCUT2D eigenvalue weighted by atomic mass is 10.1. The standard InChI is InChI=1S/C25H30Cl2N2O4/c1-3-5-6-7-8-9-10-24(30)29-28-17-18-11-14-22(23(15-18)32-4-2)33-25(31)20-13-12-19(26)16-21(20)27/h11-17H,3-10H2,1-2H3,(H,29,30)/b28-17+. The smallest absolute Gasteiger partial charge is 0.345 e. The number of ether oxygens (including phenoxy) is 2. The number of amides is 1. The summed E-state index contributed by atoms with van der Waals surface area (Å²) < 4.78 is 11.1. The molecule has 178 valence electrons. The van der Waals surface area contributed by atoms with Gasteiger partial charge in [0.15, 0.2) is 11.5 Å². The van der Waals surface area contributed by atoms with Crippen LogP contribution >= 0.6 is 23.2 Å². The Balaban J connectivity index is 1.94. The second-order valence-corrected chi connectivity index (χ2v) is 8.31. The monoisotopic (exact) mass is 492 g/mol. The van der Waals surface area contributed by atoms with E-state index in [-0.39, 0.29) is 22.2 Å². The van der Waals surface area contributed by atoms with Crippen LogP contribution < -0.4 is 14.9 Å². The number of rotatable bonds is 13. The molecule has 0 unspecified atom stereocenters. The van der Waals surface area contributed by atoms with E-state index in [1.807, 2.05) is 6.92 Å². The van der Waals surface area contributed by atoms with E-state index in [1.165, 1.54) is 37.6 Å². The molecule has 1 amide bonds. The molecule has 0 aliphatic heterocycles. The molecule has 1 N–H and O–H groups in total. The van der Waals surface area contributed by atoms with Gasteiger partial charge in [-0.3, -0.25) is 4.79 Å². The van der Waals surface area contributed by atoms with E-state index in [0.29, 0.717) is 29.4 Å². The molecule has 0 spiro atoms. The summed E-state index contributed by atoms with van der Waals surface area (Å²) >= 11 is 12.0. The van der Waals surface area contributed by atoms with Crippen molar-refractivity contribution in [1.82, 2.24) is 5.43 Å². The summed E-state index contributed by atoms with van der Waals surface area (Å²) in [7, 11) is 0. The fourth-order valence-electron chi connectivity index (χ4n) is 3.07. The van der Waals surface area contributed by atoms with Crippen LogP contribution in [0.2, 0.25) is 10.0 Å². The molecule has 0 aromatic heterocycles. The predicted octanol–water partition coefficient (Wildman–Crippen LogP) is 6.81. The molecule has 0 bridgehead atoms. The van der Waals surface area contributed by atoms with Gasteiger partial charge in [0.05, 0.1) is 23.4 Å². The van der Waals surface area contributed by atoms with E-state index in [1.54, 1.807) is 24.3 Å². The maximum absolute atomic E-state index is 12.5. The first-order chi connectivity index (χ1) is 15.9. The number of nitrogens with one attached hydrogen (secondary N) is 1. The largest absolute Gasteiger partial charge is 0.490 e. The Bertz CT molecular complexity index is 963. The number of hydrazone groups is 1. The summed E-state index contributed by atoms with van der Waals surface area (Å²) in [6.45, 7) is 4.38. The Morgan fingerprint density at radius 1 is 0.970 bits per heavy atom. The Morgan fingerprint density at radius 2 is 1.73 bits per heavy atom. The van der Waals surface area contributed by atoms with Gasteiger partial charge in [-0.15, -0.1) is 0 Å². The normalized spacial score (nSPS) is 10.9. The maximum Gasteiger partial charge on any atom is 0.345 e. The molecule has 6 nitrogen and oxygen atoms in total. The van der Waals surface area contributed by atoms with Crippen molar-refractivity contribution in [2.45, 2.75) is 58.8 Å². The number of nitrogens with zero attached hydrogens (tertiary/aromatic N) is 1. The molecule has 0 aliphatic carbocycles. The van der Waals surface area contributed by atoms with Crippen LogP contribution in [0.15, 0.2) is 41.5 Å². The summed E-state index contributed by atoms with van der Waals surface area (Å²) in [5.74, 6) is -0.117. The summed E-state index contributed by atoms with van der Waals surface area (Å²) in [5, 5.41) is 4.64. The highest BCUT2D eigenvalue weighted by molar-refractivity contribution is 6.36. The van der Waals surface area contributed by atoms with Crippen molar-refractivity contribution in [3.8, 4) is 11.5 Å². The third kappa shape index (κ3) is 9.44. The van der Waals surface area contributed by atoms with E-state index in [9.17, 15) is 9.59 Å². The fraction of sp³-hybridized carbons (Fsp3) is 0.400. The zero-order valence-corrected chi connectivity index (χ0v) is 20.5. The number of unbranched alkanes of at least 4 members (excludes halogenated alkanes) is 5. The Hall–Kier alpha value is -2.57. The van der Waals surface area contributed by atoms with E-state index in [4.69, 9.17) is 32.7 Å². The number of carbonyl (C=O) groups is 2. The topological polar surface area (TPSA) is 77.0 Å². The Kier molecular flexibility index (Phi) is 11.8. The number of halogens is 2. The molecular weight excluding hydrogens is 463 g/mol. The molecule has 2 aromatic carbocycles. The summed E-state index contributed by atoms with van der Waals surface area (Å²) in [5.41, 5.74) is 3.42. The lowest BCUT2D eigenvalue weighted by Crippen LogP contribution is -2.16. The lowest BCUT2D eigenvalue weighted by Gasteiger charge is -2.12. The summed E-state index contributed by atoms with van der Waals surface area (Å²) in [4.78, 5) is 24.4. The zero-order chi connectivity index (χ0) is 24.1. The molecule has 33 heavy (non-hydrogen) atoms. The molecule has 0 radical (unpaired) electrons. The summed E-state index contributed by atoms with van der Waals surface area (Å²) in [6.07, 6.45) is 8.71. The molecule has 0 heterocycles. The number of benzene rings is 2. The third-order valence-corrected chi connectivity index (χ3v) is 5.33. The van der Waals surface area contributed by atoms with E-state index < -0.39 is 5.97 Å². The van der Waals surface area contributed by atoms with Crippen LogP contribution in [0.25, 0.3) is 0 Å². The second kappa shape index (κ2) is 14.6. The fourth-order valence-corrected chi connectivity index (χ4v) is 3.55. The second-order valence-electron chi connectivity index (χ2n) is 7.46. The Morgan fingerprint density at radius 3 is 2.45 bits per heavy atom. The number of hydrogen-bond acceptors (Lipinski definition) is 5. The molecule has 0 aliphatic rings. The highest BCUT2D eigenvalue weighted by atomic mass is 35.5. The van der Waals surface area contributed by atoms with E-state index in [2.05, 4.69) is 17.5 Å². The van der Waals surface area contributed by atoms with Crippen molar-refractivity contribution in [3.05, 3.63) is 57.6 Å². The average molecular weight is 493 g/mol. The van der Waals surface area contributed by atoms with Gasteiger partial charge < -0.3 is 9.47 Å². The highest BCUT2D eigenvalue weighted by Crippen LogP contribution is 2.30. The number of carbonyl (C=O) groups excluding carboxylic acids is 2. The minimum absolute atomic E-state index is 0.114. The summed E-state index contributed by atoms with van der Waals surface area (Å²) in [6, 6.07) is 9.53. The molecular formula is C25H30Cl2N2O4. The van der Waals surface area contributed by atoms with Crippen LogP contribution in [-0.2, 0) is 4.79 Å². The molecule has 2 rings (SSSR count). The van der Waals surface area contributed by atoms with Gasteiger partial charge in [0.25, 0.3) is 0 Å². The van der Waals surface area contributed by atoms with Crippen LogP contribution in [-0.4, -0.2) is 24.7 Å². The average Bonchev–Trinajstić information content (AvgIpc) is 2.78. The van der Waals surface area contributed by atoms with Gasteiger partial charge in [-0.1, -0.05) is 62.2 Å². The van der Waals surface area contributed by atoms with Gasteiger partial charge in [-0.2, -0.15) is 5.10 Å². The highest BCUT2D eigenvalue weighted by Gasteiger charge is 2.16.